The summed E-state index contributed by atoms with van der Waals surface area (Å²) in [7, 11) is -3.97. The fourth-order valence-corrected chi connectivity index (χ4v) is 3.02. The van der Waals surface area contributed by atoms with Gasteiger partial charge in [-0.1, -0.05) is 30.3 Å². The van der Waals surface area contributed by atoms with Crippen LogP contribution in [0.2, 0.25) is 0 Å². The fourth-order valence-electron chi connectivity index (χ4n) is 1.82. The molecule has 0 saturated carbocycles. The molecule has 0 aromatic heterocycles. The molecule has 0 fully saturated rings. The highest BCUT2D eigenvalue weighted by atomic mass is 32.2. The average molecular weight is 313 g/mol. The van der Waals surface area contributed by atoms with Crippen LogP contribution >= 0.6 is 0 Å². The Kier molecular flexibility index (Phi) is 4.54. The quantitative estimate of drug-likeness (QED) is 0.891. The molecule has 2 aromatic rings. The monoisotopic (exact) mass is 313 g/mol. The van der Waals surface area contributed by atoms with Gasteiger partial charge in [0.25, 0.3) is 0 Å². The minimum atomic E-state index is -3.97. The Balaban J connectivity index is 2.23. The van der Waals surface area contributed by atoms with Crippen molar-refractivity contribution in [3.63, 3.8) is 0 Å². The Bertz CT molecular complexity index is 727. The zero-order valence-electron chi connectivity index (χ0n) is 10.9. The van der Waals surface area contributed by atoms with E-state index in [0.717, 1.165) is 18.2 Å². The van der Waals surface area contributed by atoms with Gasteiger partial charge in [0.15, 0.2) is 0 Å². The predicted octanol–water partition coefficient (Wildman–Crippen LogP) is 2.40. The van der Waals surface area contributed by atoms with Crippen LogP contribution in [0.25, 0.3) is 0 Å². The SMILES string of the molecule is O=S(=O)(Cc1cccc(CO)c1)Nc1c(F)cccc1F. The van der Waals surface area contributed by atoms with E-state index in [1.54, 1.807) is 18.2 Å². The van der Waals surface area contributed by atoms with Crippen LogP contribution in [0, 0.1) is 11.6 Å². The summed E-state index contributed by atoms with van der Waals surface area (Å²) in [6.45, 7) is -0.219. The van der Waals surface area contributed by atoms with Gasteiger partial charge in [0, 0.05) is 0 Å². The molecule has 0 unspecified atom stereocenters. The Morgan fingerprint density at radius 3 is 2.19 bits per heavy atom. The number of hydrogen-bond acceptors (Lipinski definition) is 3. The lowest BCUT2D eigenvalue weighted by molar-refractivity contribution is 0.282. The van der Waals surface area contributed by atoms with Gasteiger partial charge in [-0.3, -0.25) is 4.72 Å². The average Bonchev–Trinajstić information content (AvgIpc) is 2.43. The number of anilines is 1. The molecule has 0 aliphatic rings. The van der Waals surface area contributed by atoms with Crippen LogP contribution in [0.4, 0.5) is 14.5 Å². The lowest BCUT2D eigenvalue weighted by Gasteiger charge is -2.10. The van der Waals surface area contributed by atoms with E-state index in [1.165, 1.54) is 6.07 Å². The molecule has 4 nitrogen and oxygen atoms in total. The fraction of sp³-hybridized carbons (Fsp3) is 0.143. The number of aliphatic hydroxyl groups is 1. The molecule has 0 aliphatic heterocycles. The van der Waals surface area contributed by atoms with E-state index in [9.17, 15) is 17.2 Å². The maximum Gasteiger partial charge on any atom is 0.237 e. The number of nitrogens with one attached hydrogen (secondary N) is 1. The van der Waals surface area contributed by atoms with Crippen molar-refractivity contribution in [3.8, 4) is 0 Å². The molecule has 2 rings (SSSR count). The summed E-state index contributed by atoms with van der Waals surface area (Å²) < 4.78 is 52.7. The molecule has 0 amide bonds. The van der Waals surface area contributed by atoms with Crippen LogP contribution in [0.3, 0.4) is 0 Å². The third-order valence-electron chi connectivity index (χ3n) is 2.75. The lowest BCUT2D eigenvalue weighted by atomic mass is 10.1. The second kappa shape index (κ2) is 6.19. The second-order valence-corrected chi connectivity index (χ2v) is 6.16. The second-order valence-electron chi connectivity index (χ2n) is 4.44. The molecule has 7 heteroatoms. The van der Waals surface area contributed by atoms with Gasteiger partial charge in [0.1, 0.15) is 17.3 Å². The van der Waals surface area contributed by atoms with Gasteiger partial charge in [0.2, 0.25) is 10.0 Å². The standard InChI is InChI=1S/C14H13F2NO3S/c15-12-5-2-6-13(16)14(12)17-21(19,20)9-11-4-1-3-10(7-11)8-18/h1-7,17-18H,8-9H2. The Morgan fingerprint density at radius 1 is 1.00 bits per heavy atom. The maximum absolute atomic E-state index is 13.4. The van der Waals surface area contributed by atoms with Gasteiger partial charge in [-0.15, -0.1) is 0 Å². The number of benzene rings is 2. The van der Waals surface area contributed by atoms with E-state index in [-0.39, 0.29) is 6.61 Å². The Hall–Kier alpha value is -1.99. The van der Waals surface area contributed by atoms with Crippen LogP contribution in [0.1, 0.15) is 11.1 Å². The Morgan fingerprint density at radius 2 is 1.57 bits per heavy atom. The first-order chi connectivity index (χ1) is 9.91. The zero-order chi connectivity index (χ0) is 15.5. The first kappa shape index (κ1) is 15.4. The molecule has 2 N–H and O–H groups in total. The highest BCUT2D eigenvalue weighted by Gasteiger charge is 2.17. The molecule has 0 bridgehead atoms. The van der Waals surface area contributed by atoms with Crippen molar-refractivity contribution in [3.05, 3.63) is 65.2 Å². The normalized spacial score (nSPS) is 11.4. The number of hydrogen-bond donors (Lipinski definition) is 2. The minimum Gasteiger partial charge on any atom is -0.392 e. The van der Waals surface area contributed by atoms with E-state index in [0.29, 0.717) is 11.1 Å². The van der Waals surface area contributed by atoms with Crippen LogP contribution in [0.15, 0.2) is 42.5 Å². The number of rotatable bonds is 5. The Labute approximate surface area is 121 Å². The highest BCUT2D eigenvalue weighted by Crippen LogP contribution is 2.20. The summed E-state index contributed by atoms with van der Waals surface area (Å²) in [5, 5.41) is 9.00. The van der Waals surface area contributed by atoms with Crippen molar-refractivity contribution < 1.29 is 22.3 Å². The van der Waals surface area contributed by atoms with Crippen molar-refractivity contribution in [1.29, 1.82) is 0 Å². The molecule has 21 heavy (non-hydrogen) atoms. The van der Waals surface area contributed by atoms with Crippen LogP contribution in [-0.2, 0) is 22.4 Å². The van der Waals surface area contributed by atoms with Crippen LogP contribution in [-0.4, -0.2) is 13.5 Å². The summed E-state index contributed by atoms with van der Waals surface area (Å²) in [5.41, 5.74) is 0.265. The van der Waals surface area contributed by atoms with Crippen LogP contribution in [0.5, 0.6) is 0 Å². The third-order valence-corrected chi connectivity index (χ3v) is 3.98. The van der Waals surface area contributed by atoms with E-state index in [4.69, 9.17) is 5.11 Å². The van der Waals surface area contributed by atoms with Gasteiger partial charge in [-0.05, 0) is 23.3 Å². The van der Waals surface area contributed by atoms with Gasteiger partial charge in [-0.25, -0.2) is 17.2 Å². The smallest absolute Gasteiger partial charge is 0.237 e. The van der Waals surface area contributed by atoms with E-state index >= 15 is 0 Å². The van der Waals surface area contributed by atoms with E-state index in [1.807, 2.05) is 4.72 Å². The molecule has 0 saturated heterocycles. The summed E-state index contributed by atoms with van der Waals surface area (Å²) in [6.07, 6.45) is 0. The summed E-state index contributed by atoms with van der Waals surface area (Å²) in [5.74, 6) is -2.42. The highest BCUT2D eigenvalue weighted by molar-refractivity contribution is 7.91. The molecule has 0 radical (unpaired) electrons. The first-order valence-corrected chi connectivity index (χ1v) is 7.70. The molecule has 2 aromatic carbocycles. The van der Waals surface area contributed by atoms with Gasteiger partial charge in [0.05, 0.1) is 12.4 Å². The number of para-hydroxylation sites is 1. The van der Waals surface area contributed by atoms with Crippen molar-refractivity contribution >= 4 is 15.7 Å². The van der Waals surface area contributed by atoms with Gasteiger partial charge >= 0.3 is 0 Å². The molecular weight excluding hydrogens is 300 g/mol. The number of sulfonamides is 1. The summed E-state index contributed by atoms with van der Waals surface area (Å²) >= 11 is 0. The van der Waals surface area contributed by atoms with Gasteiger partial charge in [-0.2, -0.15) is 0 Å². The van der Waals surface area contributed by atoms with E-state index in [2.05, 4.69) is 0 Å². The van der Waals surface area contributed by atoms with Crippen molar-refractivity contribution in [2.75, 3.05) is 4.72 Å². The first-order valence-electron chi connectivity index (χ1n) is 6.04. The zero-order valence-corrected chi connectivity index (χ0v) is 11.7. The van der Waals surface area contributed by atoms with Gasteiger partial charge < -0.3 is 5.11 Å². The molecule has 112 valence electrons. The largest absolute Gasteiger partial charge is 0.392 e. The minimum absolute atomic E-state index is 0.219. The van der Waals surface area contributed by atoms with E-state index < -0.39 is 33.1 Å². The molecule has 0 heterocycles. The van der Waals surface area contributed by atoms with Crippen molar-refractivity contribution in [2.45, 2.75) is 12.4 Å². The molecular formula is C14H13F2NO3S. The number of halogens is 2. The molecule has 0 atom stereocenters. The summed E-state index contributed by atoms with van der Waals surface area (Å²) in [6, 6.07) is 9.38. The molecule has 0 spiro atoms. The van der Waals surface area contributed by atoms with Crippen LogP contribution < -0.4 is 4.72 Å². The lowest BCUT2D eigenvalue weighted by Crippen LogP contribution is -2.17. The topological polar surface area (TPSA) is 66.4 Å². The maximum atomic E-state index is 13.4. The summed E-state index contributed by atoms with van der Waals surface area (Å²) in [4.78, 5) is 0. The number of aliphatic hydroxyl groups excluding tert-OH is 1. The van der Waals surface area contributed by atoms with Crippen molar-refractivity contribution in [2.24, 2.45) is 0 Å². The predicted molar refractivity (Wildman–Crippen MR) is 75.0 cm³/mol. The third kappa shape index (κ3) is 3.99. The molecule has 0 aliphatic carbocycles. The van der Waals surface area contributed by atoms with Crippen molar-refractivity contribution in [1.82, 2.24) is 0 Å².